The summed E-state index contributed by atoms with van der Waals surface area (Å²) in [5.74, 6) is 0.153. The van der Waals surface area contributed by atoms with Crippen LogP contribution in [0.3, 0.4) is 0 Å². The Bertz CT molecular complexity index is 556. The number of morpholine rings is 1. The number of halogens is 1. The average Bonchev–Trinajstić information content (AvgIpc) is 2.55. The van der Waals surface area contributed by atoms with Gasteiger partial charge in [-0.3, -0.25) is 4.79 Å². The minimum absolute atomic E-state index is 0.0259. The molecule has 1 saturated heterocycles. The molecular formula is C18H24FNO3. The Hall–Kier alpha value is -1.62. The molecule has 4 nitrogen and oxygen atoms in total. The fourth-order valence-corrected chi connectivity index (χ4v) is 3.54. The zero-order valence-electron chi connectivity index (χ0n) is 13.8. The van der Waals surface area contributed by atoms with Crippen LogP contribution in [0, 0.1) is 5.82 Å². The van der Waals surface area contributed by atoms with E-state index in [-0.39, 0.29) is 23.9 Å². The lowest BCUT2D eigenvalue weighted by atomic mass is 9.89. The van der Waals surface area contributed by atoms with Crippen molar-refractivity contribution in [2.45, 2.75) is 57.3 Å². The third-order valence-electron chi connectivity index (χ3n) is 4.69. The van der Waals surface area contributed by atoms with Gasteiger partial charge in [-0.25, -0.2) is 4.39 Å². The highest BCUT2D eigenvalue weighted by molar-refractivity contribution is 5.85. The van der Waals surface area contributed by atoms with Crippen LogP contribution in [-0.4, -0.2) is 41.7 Å². The van der Waals surface area contributed by atoms with Crippen LogP contribution in [-0.2, 0) is 9.53 Å². The molecule has 23 heavy (non-hydrogen) atoms. The molecule has 1 amide bonds. The van der Waals surface area contributed by atoms with Crippen molar-refractivity contribution >= 4 is 5.91 Å². The molecule has 2 aliphatic rings. The predicted octanol–water partition coefficient (Wildman–Crippen LogP) is 3.15. The number of rotatable bonds is 3. The summed E-state index contributed by atoms with van der Waals surface area (Å²) in [6.45, 7) is 4.73. The highest BCUT2D eigenvalue weighted by Gasteiger charge is 2.42. The molecule has 126 valence electrons. The van der Waals surface area contributed by atoms with E-state index in [0.717, 1.165) is 19.3 Å². The van der Waals surface area contributed by atoms with Crippen LogP contribution in [0.5, 0.6) is 5.75 Å². The van der Waals surface area contributed by atoms with Crippen LogP contribution in [0.2, 0.25) is 0 Å². The van der Waals surface area contributed by atoms with Gasteiger partial charge in [-0.05, 0) is 51.0 Å². The Kier molecular flexibility index (Phi) is 4.57. The first-order valence-electron chi connectivity index (χ1n) is 8.34. The molecule has 1 aromatic rings. The standard InChI is InChI=1S/C18H24FNO3/c1-18(2,23-14-9-7-13(19)8-10-14)17(21)20-11-12-22-16-6-4-3-5-15(16)20/h7-10,15-16H,3-6,11-12H2,1-2H3. The van der Waals surface area contributed by atoms with Gasteiger partial charge in [0.25, 0.3) is 5.91 Å². The van der Waals surface area contributed by atoms with E-state index in [1.165, 1.54) is 18.6 Å². The van der Waals surface area contributed by atoms with E-state index in [1.807, 2.05) is 4.90 Å². The average molecular weight is 321 g/mol. The van der Waals surface area contributed by atoms with Crippen molar-refractivity contribution in [1.29, 1.82) is 0 Å². The molecule has 3 rings (SSSR count). The lowest BCUT2D eigenvalue weighted by Crippen LogP contribution is -2.60. The van der Waals surface area contributed by atoms with Gasteiger partial charge in [-0.1, -0.05) is 12.8 Å². The second-order valence-corrected chi connectivity index (χ2v) is 6.83. The minimum Gasteiger partial charge on any atom is -0.478 e. The molecule has 0 spiro atoms. The molecule has 2 fully saturated rings. The molecule has 1 aliphatic carbocycles. The Balaban J connectivity index is 1.73. The molecule has 1 heterocycles. The summed E-state index contributed by atoms with van der Waals surface area (Å²) in [7, 11) is 0. The Morgan fingerprint density at radius 1 is 1.26 bits per heavy atom. The minimum atomic E-state index is -0.989. The normalized spacial score (nSPS) is 24.9. The van der Waals surface area contributed by atoms with Crippen molar-refractivity contribution < 1.29 is 18.7 Å². The van der Waals surface area contributed by atoms with Crippen LogP contribution in [0.1, 0.15) is 39.5 Å². The Morgan fingerprint density at radius 3 is 2.70 bits per heavy atom. The summed E-state index contributed by atoms with van der Waals surface area (Å²) in [5, 5.41) is 0. The second kappa shape index (κ2) is 6.48. The van der Waals surface area contributed by atoms with E-state index in [2.05, 4.69) is 0 Å². The molecule has 0 aromatic heterocycles. The molecule has 1 saturated carbocycles. The molecule has 2 atom stereocenters. The highest BCUT2D eigenvalue weighted by atomic mass is 19.1. The first-order valence-corrected chi connectivity index (χ1v) is 8.34. The molecule has 1 aromatic carbocycles. The van der Waals surface area contributed by atoms with Crippen molar-refractivity contribution in [2.24, 2.45) is 0 Å². The lowest BCUT2D eigenvalue weighted by molar-refractivity contribution is -0.163. The maximum absolute atomic E-state index is 13.0. The summed E-state index contributed by atoms with van der Waals surface area (Å²) >= 11 is 0. The smallest absolute Gasteiger partial charge is 0.266 e. The summed E-state index contributed by atoms with van der Waals surface area (Å²) in [6.07, 6.45) is 4.46. The first kappa shape index (κ1) is 16.2. The number of fused-ring (bicyclic) bond motifs is 1. The molecule has 1 aliphatic heterocycles. The first-order chi connectivity index (χ1) is 11.0. The summed E-state index contributed by atoms with van der Waals surface area (Å²) in [5.41, 5.74) is -0.989. The number of hydrogen-bond donors (Lipinski definition) is 0. The van der Waals surface area contributed by atoms with Crippen LogP contribution >= 0.6 is 0 Å². The Labute approximate surface area is 136 Å². The van der Waals surface area contributed by atoms with Crippen molar-refractivity contribution in [3.05, 3.63) is 30.1 Å². The number of ether oxygens (including phenoxy) is 2. The quantitative estimate of drug-likeness (QED) is 0.858. The van der Waals surface area contributed by atoms with E-state index in [9.17, 15) is 9.18 Å². The number of carbonyl (C=O) groups excluding carboxylic acids is 1. The van der Waals surface area contributed by atoms with E-state index < -0.39 is 5.60 Å². The fourth-order valence-electron chi connectivity index (χ4n) is 3.54. The van der Waals surface area contributed by atoms with Crippen molar-refractivity contribution in [3.8, 4) is 5.75 Å². The summed E-state index contributed by atoms with van der Waals surface area (Å²) in [6, 6.07) is 5.92. The predicted molar refractivity (Wildman–Crippen MR) is 84.8 cm³/mol. The van der Waals surface area contributed by atoms with E-state index >= 15 is 0 Å². The Morgan fingerprint density at radius 2 is 1.96 bits per heavy atom. The van der Waals surface area contributed by atoms with Crippen LogP contribution in [0.4, 0.5) is 4.39 Å². The maximum atomic E-state index is 13.0. The molecule has 0 bridgehead atoms. The number of carbonyl (C=O) groups is 1. The largest absolute Gasteiger partial charge is 0.478 e. The van der Waals surface area contributed by atoms with Crippen LogP contribution < -0.4 is 4.74 Å². The van der Waals surface area contributed by atoms with Crippen molar-refractivity contribution in [2.75, 3.05) is 13.2 Å². The fraction of sp³-hybridized carbons (Fsp3) is 0.611. The number of hydrogen-bond acceptors (Lipinski definition) is 3. The number of nitrogens with zero attached hydrogens (tertiary/aromatic N) is 1. The molecule has 2 unspecified atom stereocenters. The monoisotopic (exact) mass is 321 g/mol. The second-order valence-electron chi connectivity index (χ2n) is 6.83. The van der Waals surface area contributed by atoms with E-state index in [1.54, 1.807) is 26.0 Å². The van der Waals surface area contributed by atoms with Crippen molar-refractivity contribution in [3.63, 3.8) is 0 Å². The third-order valence-corrected chi connectivity index (χ3v) is 4.69. The maximum Gasteiger partial charge on any atom is 0.266 e. The molecule has 0 N–H and O–H groups in total. The molecule has 5 heteroatoms. The van der Waals surface area contributed by atoms with Gasteiger partial charge in [-0.15, -0.1) is 0 Å². The number of amides is 1. The SMILES string of the molecule is CC(C)(Oc1ccc(F)cc1)C(=O)N1CCOC2CCCCC21. The summed E-state index contributed by atoms with van der Waals surface area (Å²) in [4.78, 5) is 14.9. The van der Waals surface area contributed by atoms with Gasteiger partial charge >= 0.3 is 0 Å². The number of benzene rings is 1. The topological polar surface area (TPSA) is 38.8 Å². The van der Waals surface area contributed by atoms with Gasteiger partial charge < -0.3 is 14.4 Å². The van der Waals surface area contributed by atoms with Gasteiger partial charge in [0, 0.05) is 6.54 Å². The van der Waals surface area contributed by atoms with Crippen LogP contribution in [0.15, 0.2) is 24.3 Å². The van der Waals surface area contributed by atoms with Gasteiger partial charge in [0.15, 0.2) is 5.60 Å². The van der Waals surface area contributed by atoms with Gasteiger partial charge in [0.2, 0.25) is 0 Å². The van der Waals surface area contributed by atoms with Crippen molar-refractivity contribution in [1.82, 2.24) is 4.90 Å². The van der Waals surface area contributed by atoms with Gasteiger partial charge in [-0.2, -0.15) is 0 Å². The zero-order valence-corrected chi connectivity index (χ0v) is 13.8. The highest BCUT2D eigenvalue weighted by Crippen LogP contribution is 2.31. The summed E-state index contributed by atoms with van der Waals surface area (Å²) < 4.78 is 24.7. The molecule has 0 radical (unpaired) electrons. The third kappa shape index (κ3) is 3.50. The van der Waals surface area contributed by atoms with E-state index in [4.69, 9.17) is 9.47 Å². The lowest BCUT2D eigenvalue weighted by Gasteiger charge is -2.46. The van der Waals surface area contributed by atoms with Gasteiger partial charge in [0.1, 0.15) is 11.6 Å². The van der Waals surface area contributed by atoms with E-state index in [0.29, 0.717) is 18.9 Å². The molecular weight excluding hydrogens is 297 g/mol. The zero-order chi connectivity index (χ0) is 16.4. The van der Waals surface area contributed by atoms with Gasteiger partial charge in [0.05, 0.1) is 18.8 Å². The van der Waals surface area contributed by atoms with Crippen LogP contribution in [0.25, 0.3) is 0 Å².